The van der Waals surface area contributed by atoms with Gasteiger partial charge in [-0.15, -0.1) is 0 Å². The van der Waals surface area contributed by atoms with Crippen molar-refractivity contribution in [2.75, 3.05) is 0 Å². The molecule has 1 nitrogen and oxygen atoms in total. The molecule has 2 aromatic rings. The molecule has 1 aliphatic rings. The summed E-state index contributed by atoms with van der Waals surface area (Å²) < 4.78 is 5.18. The molecule has 145 valence electrons. The summed E-state index contributed by atoms with van der Waals surface area (Å²) in [7, 11) is 15.4. The molecule has 0 spiro atoms. The monoisotopic (exact) mass is 608 g/mol. The van der Waals surface area contributed by atoms with Crippen LogP contribution >= 0.6 is 39.6 Å². The zero-order valence-electron chi connectivity index (χ0n) is 16.5. The molecule has 0 heterocycles. The van der Waals surface area contributed by atoms with E-state index in [1.54, 1.807) is 0 Å². The SMILES string of the molecule is C[SiH](C)[Zr]([Cl])([Cl])([NH]C(C)(C)C)[CH]1C(c2ccc(I)cc2)=Cc2ccccc21. The third-order valence-corrected chi connectivity index (χ3v) is 52.9. The molecule has 0 bridgehead atoms. The quantitative estimate of drug-likeness (QED) is 0.286. The van der Waals surface area contributed by atoms with Crippen LogP contribution in [-0.4, -0.2) is 11.5 Å². The summed E-state index contributed by atoms with van der Waals surface area (Å²) in [4.78, 5) is 0. The van der Waals surface area contributed by atoms with E-state index in [-0.39, 0.29) is 9.16 Å². The summed E-state index contributed by atoms with van der Waals surface area (Å²) in [5, 5.41) is 0. The number of hydrogen-bond acceptors (Lipinski definition) is 1. The molecule has 1 unspecified atom stereocenters. The third kappa shape index (κ3) is 4.36. The first-order valence-corrected chi connectivity index (χ1v) is 26.6. The van der Waals surface area contributed by atoms with E-state index < -0.39 is 21.8 Å². The number of halogens is 3. The summed E-state index contributed by atoms with van der Waals surface area (Å²) in [6.07, 6.45) is 2.31. The second-order valence-corrected chi connectivity index (χ2v) is 50.8. The van der Waals surface area contributed by atoms with Crippen molar-refractivity contribution in [1.29, 1.82) is 0 Å². The van der Waals surface area contributed by atoms with E-state index in [0.29, 0.717) is 0 Å². The second kappa shape index (κ2) is 7.67. The van der Waals surface area contributed by atoms with E-state index in [2.05, 4.69) is 114 Å². The summed E-state index contributed by atoms with van der Waals surface area (Å²) >= 11 is -2.05. The third-order valence-electron chi connectivity index (χ3n) is 5.31. The fraction of sp³-hybridized carbons (Fsp3) is 0.333. The molecular formula is C21H27Cl2INSiZr. The van der Waals surface area contributed by atoms with E-state index in [1.165, 1.54) is 25.8 Å². The van der Waals surface area contributed by atoms with Gasteiger partial charge in [0.1, 0.15) is 0 Å². The first-order valence-electron chi connectivity index (χ1n) is 9.35. The van der Waals surface area contributed by atoms with Crippen molar-refractivity contribution in [2.24, 2.45) is 0 Å². The van der Waals surface area contributed by atoms with Crippen LogP contribution in [0.15, 0.2) is 48.5 Å². The molecule has 0 aliphatic heterocycles. The van der Waals surface area contributed by atoms with E-state index in [1.807, 2.05) is 0 Å². The zero-order chi connectivity index (χ0) is 20.1. The van der Waals surface area contributed by atoms with Gasteiger partial charge < -0.3 is 0 Å². The first-order chi connectivity index (χ1) is 12.4. The fourth-order valence-corrected chi connectivity index (χ4v) is 31.2. The number of fused-ring (bicyclic) bond motifs is 1. The summed E-state index contributed by atoms with van der Waals surface area (Å²) in [5.41, 5.74) is 4.92. The van der Waals surface area contributed by atoms with Gasteiger partial charge in [0, 0.05) is 0 Å². The van der Waals surface area contributed by atoms with Crippen LogP contribution < -0.4 is 3.26 Å². The summed E-state index contributed by atoms with van der Waals surface area (Å²) in [6, 6.07) is 17.3. The summed E-state index contributed by atoms with van der Waals surface area (Å²) in [6.45, 7) is 11.2. The van der Waals surface area contributed by atoms with Crippen LogP contribution in [0.5, 0.6) is 0 Å². The Morgan fingerprint density at radius 3 is 2.15 bits per heavy atom. The van der Waals surface area contributed by atoms with Crippen molar-refractivity contribution < 1.29 is 15.8 Å². The molecule has 0 fully saturated rings. The number of benzene rings is 2. The zero-order valence-corrected chi connectivity index (χ0v) is 23.8. The minimum atomic E-state index is -4.39. The molecule has 6 heteroatoms. The van der Waals surface area contributed by atoms with Gasteiger partial charge in [-0.2, -0.15) is 0 Å². The number of hydrogen-bond donors (Lipinski definition) is 1. The first kappa shape index (κ1) is 22.2. The average Bonchev–Trinajstić information content (AvgIpc) is 2.94. The maximum absolute atomic E-state index is 7.71. The Morgan fingerprint density at radius 2 is 1.59 bits per heavy atom. The Labute approximate surface area is 186 Å². The van der Waals surface area contributed by atoms with E-state index >= 15 is 0 Å². The molecule has 0 aromatic heterocycles. The maximum atomic E-state index is 7.71. The van der Waals surface area contributed by atoms with Crippen LogP contribution in [0.2, 0.25) is 13.1 Å². The van der Waals surface area contributed by atoms with E-state index in [0.717, 1.165) is 0 Å². The van der Waals surface area contributed by atoms with Crippen molar-refractivity contribution in [3.05, 3.63) is 68.8 Å². The van der Waals surface area contributed by atoms with Crippen molar-refractivity contribution in [3.8, 4) is 0 Å². The minimum absolute atomic E-state index is 0.0805. The van der Waals surface area contributed by atoms with Gasteiger partial charge in [0.05, 0.1) is 0 Å². The fourth-order valence-electron chi connectivity index (χ4n) is 4.05. The molecule has 1 aliphatic carbocycles. The normalized spacial score (nSPS) is 18.8. The van der Waals surface area contributed by atoms with Gasteiger partial charge in [0.2, 0.25) is 0 Å². The molecule has 3 rings (SSSR count). The van der Waals surface area contributed by atoms with Crippen LogP contribution in [0, 0.1) is 3.57 Å². The molecule has 0 radical (unpaired) electrons. The van der Waals surface area contributed by atoms with Gasteiger partial charge in [0.25, 0.3) is 0 Å². The molecule has 0 saturated heterocycles. The second-order valence-electron chi connectivity index (χ2n) is 8.85. The van der Waals surface area contributed by atoms with Gasteiger partial charge in [-0.1, -0.05) is 0 Å². The van der Waals surface area contributed by atoms with Crippen LogP contribution in [0.3, 0.4) is 0 Å². The number of allylic oxidation sites excluding steroid dienone is 1. The van der Waals surface area contributed by atoms with Gasteiger partial charge >= 0.3 is 188 Å². The van der Waals surface area contributed by atoms with Crippen molar-refractivity contribution >= 4 is 57.2 Å². The Morgan fingerprint density at radius 1 is 1.00 bits per heavy atom. The van der Waals surface area contributed by atoms with Crippen LogP contribution in [0.25, 0.3) is 11.6 Å². The van der Waals surface area contributed by atoms with Gasteiger partial charge in [-0.3, -0.25) is 0 Å². The summed E-state index contributed by atoms with van der Waals surface area (Å²) in [5.74, 6) is -1.41. The van der Waals surface area contributed by atoms with Crippen molar-refractivity contribution in [3.63, 3.8) is 0 Å². The van der Waals surface area contributed by atoms with Crippen molar-refractivity contribution in [2.45, 2.75) is 43.0 Å². The van der Waals surface area contributed by atoms with Crippen LogP contribution in [0.1, 0.15) is 41.1 Å². The molecule has 1 N–H and O–H groups in total. The topological polar surface area (TPSA) is 12.0 Å². The molecule has 27 heavy (non-hydrogen) atoms. The Balaban J connectivity index is 2.25. The van der Waals surface area contributed by atoms with Crippen LogP contribution in [-0.2, 0) is 15.8 Å². The van der Waals surface area contributed by atoms with Crippen LogP contribution in [0.4, 0.5) is 0 Å². The van der Waals surface area contributed by atoms with Gasteiger partial charge in [-0.05, 0) is 0 Å². The molecule has 0 amide bonds. The van der Waals surface area contributed by atoms with Gasteiger partial charge in [0.15, 0.2) is 0 Å². The molecule has 0 saturated carbocycles. The van der Waals surface area contributed by atoms with Crippen molar-refractivity contribution in [1.82, 2.24) is 3.26 Å². The molecular weight excluding hydrogens is 583 g/mol. The average molecular weight is 611 g/mol. The standard InChI is InChI=1S/C15H10I.C4H10N.C2H7Si.2ClH.Zr/c16-15-7-5-11(6-8-15)14-9-12-3-1-2-4-13(12)10-14;1-4(2,3)5;1-3-2;;;/h1-10H;5H,1-3H3;3H,1-2H3;2*1H;/q;-1;;;;+3/p-2. The predicted octanol–water partition coefficient (Wildman–Crippen LogP) is 7.17. The number of nitrogens with one attached hydrogen (secondary N) is 1. The molecule has 1 atom stereocenters. The Bertz CT molecular complexity index is 888. The van der Waals surface area contributed by atoms with Gasteiger partial charge in [-0.25, -0.2) is 0 Å². The Hall–Kier alpha value is 0.550. The predicted molar refractivity (Wildman–Crippen MR) is 130 cm³/mol. The number of rotatable bonds is 4. The Kier molecular flexibility index (Phi) is 6.31. The van der Waals surface area contributed by atoms with E-state index in [9.17, 15) is 0 Å². The van der Waals surface area contributed by atoms with E-state index in [4.69, 9.17) is 17.0 Å². The molecule has 2 aromatic carbocycles.